The zero-order valence-corrected chi connectivity index (χ0v) is 7.99. The van der Waals surface area contributed by atoms with Gasteiger partial charge in [-0.05, 0) is 11.3 Å². The number of rotatable bonds is 0. The maximum atomic E-state index is 4.62. The molecule has 70 valence electrons. The highest BCUT2D eigenvalue weighted by Crippen LogP contribution is 2.14. The number of nitrogens with zero attached hydrogens (tertiary/aromatic N) is 1. The molecule has 3 heterocycles. The minimum Gasteiger partial charge on any atom is -0.338 e. The van der Waals surface area contributed by atoms with Gasteiger partial charge in [-0.25, -0.2) is 4.98 Å². The lowest BCUT2D eigenvalue weighted by molar-refractivity contribution is 1.20. The van der Waals surface area contributed by atoms with Gasteiger partial charge in [0.15, 0.2) is 0 Å². The SMILES string of the molecule is c1cc2c3nc([nH]c3c1)=c1ccc=2cc1. The summed E-state index contributed by atoms with van der Waals surface area (Å²) in [5.74, 6) is 0. The Kier molecular flexibility index (Phi) is 1.10. The summed E-state index contributed by atoms with van der Waals surface area (Å²) < 4.78 is 0. The molecule has 0 atom stereocenters. The van der Waals surface area contributed by atoms with Gasteiger partial charge in [-0.15, -0.1) is 0 Å². The number of hydrogen-bond donors (Lipinski definition) is 1. The number of benzene rings is 2. The molecule has 15 heavy (non-hydrogen) atoms. The van der Waals surface area contributed by atoms with Crippen LogP contribution in [0.2, 0.25) is 0 Å². The molecule has 5 rings (SSSR count). The van der Waals surface area contributed by atoms with Crippen molar-refractivity contribution in [3.8, 4) is 0 Å². The Hall–Kier alpha value is -2.09. The Bertz CT molecular complexity index is 836. The van der Waals surface area contributed by atoms with Crippen molar-refractivity contribution in [2.24, 2.45) is 0 Å². The predicted molar refractivity (Wildman–Crippen MR) is 57.9 cm³/mol. The molecule has 1 N–H and O–H groups in total. The molecule has 2 aliphatic heterocycles. The molecule has 0 radical (unpaired) electrons. The van der Waals surface area contributed by atoms with Crippen LogP contribution < -0.4 is 0 Å². The van der Waals surface area contributed by atoms with Gasteiger partial charge in [0.25, 0.3) is 0 Å². The second-order valence-electron chi connectivity index (χ2n) is 3.86. The third-order valence-corrected chi connectivity index (χ3v) is 2.98. The molecule has 0 spiro atoms. The highest BCUT2D eigenvalue weighted by Gasteiger charge is 2.01. The lowest BCUT2D eigenvalue weighted by Gasteiger charge is -1.92. The fourth-order valence-electron chi connectivity index (χ4n) is 2.21. The standard InChI is InChI=1S/C13H8N2/c1-2-10-8-4-6-9(7-5-8)13-14-11(3-1)12(10)15-13/h1-7H,(H,14,15). The van der Waals surface area contributed by atoms with Crippen LogP contribution in [0.1, 0.15) is 0 Å². The topological polar surface area (TPSA) is 28.7 Å². The van der Waals surface area contributed by atoms with E-state index < -0.39 is 0 Å². The summed E-state index contributed by atoms with van der Waals surface area (Å²) in [5, 5.41) is 3.60. The number of para-hydroxylation sites is 1. The summed E-state index contributed by atoms with van der Waals surface area (Å²) in [4.78, 5) is 7.96. The van der Waals surface area contributed by atoms with Crippen LogP contribution in [0.3, 0.4) is 0 Å². The zero-order chi connectivity index (χ0) is 9.83. The van der Waals surface area contributed by atoms with Crippen molar-refractivity contribution in [1.82, 2.24) is 9.97 Å². The van der Waals surface area contributed by atoms with E-state index in [0.717, 1.165) is 21.7 Å². The molecule has 3 aromatic rings. The van der Waals surface area contributed by atoms with Crippen LogP contribution in [0, 0.1) is 21.1 Å². The number of imidazole rings is 1. The molecular formula is C13H8N2. The second-order valence-corrected chi connectivity index (χ2v) is 3.86. The average molecular weight is 192 g/mol. The molecule has 0 unspecified atom stereocenters. The van der Waals surface area contributed by atoms with Crippen molar-refractivity contribution in [3.63, 3.8) is 0 Å². The fraction of sp³-hybridized carbons (Fsp3) is 0. The summed E-state index contributed by atoms with van der Waals surface area (Å²) in [6.45, 7) is 0. The first-order chi connectivity index (χ1) is 7.42. The number of hydrogen-bond acceptors (Lipinski definition) is 1. The number of aromatic nitrogens is 2. The van der Waals surface area contributed by atoms with E-state index in [1.807, 2.05) is 0 Å². The van der Waals surface area contributed by atoms with Gasteiger partial charge < -0.3 is 4.98 Å². The van der Waals surface area contributed by atoms with Gasteiger partial charge in [-0.1, -0.05) is 36.4 Å². The van der Waals surface area contributed by atoms with E-state index in [9.17, 15) is 0 Å². The minimum atomic E-state index is 0.962. The molecule has 2 heteroatoms. The van der Waals surface area contributed by atoms with Crippen LogP contribution >= 0.6 is 0 Å². The minimum absolute atomic E-state index is 0.962. The first-order valence-electron chi connectivity index (χ1n) is 5.01. The van der Waals surface area contributed by atoms with Gasteiger partial charge in [-0.3, -0.25) is 0 Å². The van der Waals surface area contributed by atoms with Gasteiger partial charge >= 0.3 is 0 Å². The van der Waals surface area contributed by atoms with Crippen LogP contribution in [0.4, 0.5) is 0 Å². The van der Waals surface area contributed by atoms with Crippen molar-refractivity contribution in [2.45, 2.75) is 0 Å². The number of aromatic amines is 1. The first kappa shape index (κ1) is 7.23. The molecule has 0 saturated heterocycles. The Morgan fingerprint density at radius 3 is 2.53 bits per heavy atom. The third-order valence-electron chi connectivity index (χ3n) is 2.98. The van der Waals surface area contributed by atoms with E-state index in [1.165, 1.54) is 10.4 Å². The van der Waals surface area contributed by atoms with Gasteiger partial charge in [-0.2, -0.15) is 0 Å². The molecule has 0 fully saturated rings. The Morgan fingerprint density at radius 2 is 1.67 bits per heavy atom. The van der Waals surface area contributed by atoms with Crippen LogP contribution in [0.5, 0.6) is 0 Å². The van der Waals surface area contributed by atoms with E-state index in [-0.39, 0.29) is 0 Å². The highest BCUT2D eigenvalue weighted by atomic mass is 14.9. The summed E-state index contributed by atoms with van der Waals surface area (Å²) in [6, 6.07) is 14.8. The van der Waals surface area contributed by atoms with E-state index in [0.29, 0.717) is 0 Å². The van der Waals surface area contributed by atoms with Gasteiger partial charge in [0.2, 0.25) is 0 Å². The van der Waals surface area contributed by atoms with Crippen molar-refractivity contribution in [1.29, 1.82) is 0 Å². The van der Waals surface area contributed by atoms with Crippen LogP contribution in [0.25, 0.3) is 11.0 Å². The van der Waals surface area contributed by atoms with E-state index in [4.69, 9.17) is 0 Å². The Morgan fingerprint density at radius 1 is 0.867 bits per heavy atom. The highest BCUT2D eigenvalue weighted by molar-refractivity contribution is 5.75. The molecule has 2 nitrogen and oxygen atoms in total. The second kappa shape index (κ2) is 2.28. The number of nitrogens with one attached hydrogen (secondary N) is 1. The van der Waals surface area contributed by atoms with E-state index in [1.54, 1.807) is 0 Å². The smallest absolute Gasteiger partial charge is 0.138 e. The zero-order valence-electron chi connectivity index (χ0n) is 7.99. The van der Waals surface area contributed by atoms with E-state index >= 15 is 0 Å². The van der Waals surface area contributed by atoms with Gasteiger partial charge in [0.1, 0.15) is 5.48 Å². The molecule has 4 bridgehead atoms. The van der Waals surface area contributed by atoms with Gasteiger partial charge in [0, 0.05) is 10.4 Å². The molecule has 2 aliphatic rings. The molecular weight excluding hydrogens is 184 g/mol. The van der Waals surface area contributed by atoms with Gasteiger partial charge in [0.05, 0.1) is 11.0 Å². The van der Waals surface area contributed by atoms with Crippen molar-refractivity contribution in [2.75, 3.05) is 0 Å². The average Bonchev–Trinajstić information content (AvgIpc) is 2.70. The summed E-state index contributed by atoms with van der Waals surface area (Å²) >= 11 is 0. The lowest BCUT2D eigenvalue weighted by Crippen LogP contribution is -1.80. The molecule has 0 saturated carbocycles. The van der Waals surface area contributed by atoms with Crippen molar-refractivity contribution in [3.05, 3.63) is 63.6 Å². The Labute approximate surface area is 85.2 Å². The number of fused-ring (bicyclic) bond motifs is 2. The van der Waals surface area contributed by atoms with Crippen molar-refractivity contribution < 1.29 is 0 Å². The first-order valence-corrected chi connectivity index (χ1v) is 5.01. The lowest BCUT2D eigenvalue weighted by atomic mass is 10.1. The van der Waals surface area contributed by atoms with Crippen LogP contribution in [-0.2, 0) is 0 Å². The molecule has 2 aromatic carbocycles. The molecule has 0 aliphatic carbocycles. The largest absolute Gasteiger partial charge is 0.338 e. The maximum absolute atomic E-state index is 4.62. The summed E-state index contributed by atoms with van der Waals surface area (Å²) in [6.07, 6.45) is 0. The quantitative estimate of drug-likeness (QED) is 0.455. The Balaban J connectivity index is 2.70. The molecule has 0 amide bonds. The summed E-state index contributed by atoms with van der Waals surface area (Å²) in [7, 11) is 0. The van der Waals surface area contributed by atoms with Crippen LogP contribution in [-0.4, -0.2) is 9.97 Å². The third kappa shape index (κ3) is 0.814. The fourth-order valence-corrected chi connectivity index (χ4v) is 2.21. The maximum Gasteiger partial charge on any atom is 0.138 e. The monoisotopic (exact) mass is 192 g/mol. The summed E-state index contributed by atoms with van der Waals surface area (Å²) in [5.41, 5.74) is 3.15. The van der Waals surface area contributed by atoms with E-state index in [2.05, 4.69) is 52.4 Å². The van der Waals surface area contributed by atoms with Crippen molar-refractivity contribution >= 4 is 11.0 Å². The van der Waals surface area contributed by atoms with Crippen LogP contribution in [0.15, 0.2) is 42.5 Å². The molecule has 1 aromatic heterocycles. The number of H-pyrrole nitrogens is 1. The predicted octanol–water partition coefficient (Wildman–Crippen LogP) is 2.45. The normalized spacial score (nSPS) is 12.0.